The van der Waals surface area contributed by atoms with Gasteiger partial charge in [-0.05, 0) is 18.6 Å². The van der Waals surface area contributed by atoms with Gasteiger partial charge in [0.25, 0.3) is 11.6 Å². The van der Waals surface area contributed by atoms with Crippen molar-refractivity contribution in [2.24, 2.45) is 0 Å². The average molecular weight is 314 g/mol. The van der Waals surface area contributed by atoms with Crippen LogP contribution in [-0.4, -0.2) is 17.4 Å². The van der Waals surface area contributed by atoms with Crippen molar-refractivity contribution in [3.8, 4) is 0 Å². The van der Waals surface area contributed by atoms with Crippen molar-refractivity contribution in [1.29, 1.82) is 0 Å². The fourth-order valence-electron chi connectivity index (χ4n) is 1.39. The molecule has 0 aliphatic carbocycles. The molecule has 1 amide bonds. The second-order valence-electron chi connectivity index (χ2n) is 3.70. The first-order valence-corrected chi connectivity index (χ1v) is 5.78. The lowest BCUT2D eigenvalue weighted by Crippen LogP contribution is -2.25. The third-order valence-electron chi connectivity index (χ3n) is 2.18. The monoisotopic (exact) mass is 313 g/mol. The quantitative estimate of drug-likeness (QED) is 0.505. The van der Waals surface area contributed by atoms with Gasteiger partial charge in [-0.15, -0.1) is 0 Å². The largest absolute Gasteiger partial charge is 0.393 e. The molecule has 7 heteroatoms. The maximum absolute atomic E-state index is 11.8. The van der Waals surface area contributed by atoms with Crippen molar-refractivity contribution >= 4 is 33.2 Å². The second-order valence-corrected chi connectivity index (χ2v) is 4.82. The Hall–Kier alpha value is -1.89. The van der Waals surface area contributed by atoms with E-state index >= 15 is 0 Å². The Morgan fingerprint density at radius 2 is 2.22 bits per heavy atom. The Labute approximate surface area is 112 Å². The number of halogens is 1. The third-order valence-corrected chi connectivity index (χ3v) is 2.46. The Bertz CT molecular complexity index is 529. The van der Waals surface area contributed by atoms with Crippen molar-refractivity contribution in [2.75, 3.05) is 12.3 Å². The van der Waals surface area contributed by atoms with Gasteiger partial charge in [-0.1, -0.05) is 22.5 Å². The van der Waals surface area contributed by atoms with Crippen LogP contribution in [0, 0.1) is 17.0 Å². The summed E-state index contributed by atoms with van der Waals surface area (Å²) in [5.74, 6) is -0.472. The van der Waals surface area contributed by atoms with E-state index < -0.39 is 10.8 Å². The number of carbonyl (C=O) groups is 1. The maximum Gasteiger partial charge on any atom is 0.293 e. The van der Waals surface area contributed by atoms with Gasteiger partial charge >= 0.3 is 0 Å². The van der Waals surface area contributed by atoms with Crippen LogP contribution < -0.4 is 11.1 Å². The zero-order chi connectivity index (χ0) is 13.9. The molecule has 0 bridgehead atoms. The maximum atomic E-state index is 11.8. The van der Waals surface area contributed by atoms with Crippen LogP contribution in [0.2, 0.25) is 0 Å². The number of anilines is 1. The minimum absolute atomic E-state index is 0.0930. The van der Waals surface area contributed by atoms with Gasteiger partial charge in [0.05, 0.1) is 10.5 Å². The molecule has 3 N–H and O–H groups in total. The number of hydrogen-bond donors (Lipinski definition) is 2. The fraction of sp³-hybridized carbons (Fsp3) is 0.182. The van der Waals surface area contributed by atoms with Gasteiger partial charge in [-0.25, -0.2) is 0 Å². The average Bonchev–Trinajstić information content (AvgIpc) is 2.28. The summed E-state index contributed by atoms with van der Waals surface area (Å²) >= 11 is 3.10. The number of nitro benzene ring substituents is 1. The summed E-state index contributed by atoms with van der Waals surface area (Å²) in [5, 5.41) is 13.3. The van der Waals surface area contributed by atoms with Crippen molar-refractivity contribution in [2.45, 2.75) is 6.92 Å². The number of carbonyl (C=O) groups excluding carboxylic acids is 1. The Kier molecular flexibility index (Phi) is 4.43. The van der Waals surface area contributed by atoms with E-state index in [9.17, 15) is 14.9 Å². The van der Waals surface area contributed by atoms with Crippen LogP contribution in [0.25, 0.3) is 0 Å². The van der Waals surface area contributed by atoms with E-state index in [-0.39, 0.29) is 23.5 Å². The van der Waals surface area contributed by atoms with Gasteiger partial charge in [0.2, 0.25) is 0 Å². The molecular weight excluding hydrogens is 302 g/mol. The first kappa shape index (κ1) is 14.2. The molecular formula is C11H12BrN3O3. The van der Waals surface area contributed by atoms with Crippen LogP contribution in [0.4, 0.5) is 11.4 Å². The highest BCUT2D eigenvalue weighted by Crippen LogP contribution is 2.26. The summed E-state index contributed by atoms with van der Waals surface area (Å²) in [4.78, 5) is 22.0. The number of amides is 1. The number of nitrogen functional groups attached to an aromatic ring is 1. The molecule has 1 aromatic rings. The topological polar surface area (TPSA) is 98.3 Å². The van der Waals surface area contributed by atoms with E-state index in [2.05, 4.69) is 27.8 Å². The number of benzene rings is 1. The highest BCUT2D eigenvalue weighted by Gasteiger charge is 2.20. The molecule has 1 rings (SSSR count). The third kappa shape index (κ3) is 3.30. The molecule has 0 atom stereocenters. The summed E-state index contributed by atoms with van der Waals surface area (Å²) in [6.45, 7) is 5.45. The van der Waals surface area contributed by atoms with Gasteiger partial charge in [0.1, 0.15) is 5.69 Å². The molecule has 0 fully saturated rings. The number of nitrogens with one attached hydrogen (secondary N) is 1. The van der Waals surface area contributed by atoms with Crippen LogP contribution in [0.3, 0.4) is 0 Å². The molecule has 0 saturated heterocycles. The van der Waals surface area contributed by atoms with Gasteiger partial charge in [0.15, 0.2) is 0 Å². The van der Waals surface area contributed by atoms with Gasteiger partial charge in [0, 0.05) is 17.1 Å². The number of rotatable bonds is 4. The van der Waals surface area contributed by atoms with Gasteiger partial charge in [-0.3, -0.25) is 14.9 Å². The molecule has 0 radical (unpaired) electrons. The molecule has 0 aromatic heterocycles. The number of hydrogen-bond acceptors (Lipinski definition) is 4. The first-order valence-electron chi connectivity index (χ1n) is 4.99. The van der Waals surface area contributed by atoms with Crippen LogP contribution in [0.1, 0.15) is 15.9 Å². The SMILES string of the molecule is C=C(Br)CNC(=O)c1cc(C)cc([N+](=O)[O-])c1N. The minimum Gasteiger partial charge on any atom is -0.393 e. The van der Waals surface area contributed by atoms with E-state index in [0.717, 1.165) is 0 Å². The lowest BCUT2D eigenvalue weighted by molar-refractivity contribution is -0.384. The molecule has 1 aromatic carbocycles. The smallest absolute Gasteiger partial charge is 0.293 e. The highest BCUT2D eigenvalue weighted by molar-refractivity contribution is 9.11. The molecule has 0 aliphatic rings. The lowest BCUT2D eigenvalue weighted by atomic mass is 10.1. The predicted octanol–water partition coefficient (Wildman–Crippen LogP) is 2.12. The summed E-state index contributed by atoms with van der Waals surface area (Å²) < 4.78 is 0.594. The molecule has 0 unspecified atom stereocenters. The van der Waals surface area contributed by atoms with Gasteiger partial charge < -0.3 is 11.1 Å². The van der Waals surface area contributed by atoms with Crippen molar-refractivity contribution < 1.29 is 9.72 Å². The van der Waals surface area contributed by atoms with Crippen molar-refractivity contribution in [1.82, 2.24) is 5.32 Å². The van der Waals surface area contributed by atoms with Crippen LogP contribution >= 0.6 is 15.9 Å². The van der Waals surface area contributed by atoms with Crippen LogP contribution in [0.5, 0.6) is 0 Å². The molecule has 6 nitrogen and oxygen atoms in total. The predicted molar refractivity (Wildman–Crippen MR) is 72.6 cm³/mol. The summed E-state index contributed by atoms with van der Waals surface area (Å²) in [5.41, 5.74) is 5.91. The Morgan fingerprint density at radius 1 is 1.61 bits per heavy atom. The van der Waals surface area contributed by atoms with E-state index in [1.54, 1.807) is 6.92 Å². The van der Waals surface area contributed by atoms with E-state index in [1.807, 2.05) is 0 Å². The van der Waals surface area contributed by atoms with E-state index in [4.69, 9.17) is 5.73 Å². The molecule has 0 heterocycles. The van der Waals surface area contributed by atoms with Gasteiger partial charge in [-0.2, -0.15) is 0 Å². The lowest BCUT2D eigenvalue weighted by Gasteiger charge is -2.08. The molecule has 0 spiro atoms. The molecule has 18 heavy (non-hydrogen) atoms. The van der Waals surface area contributed by atoms with E-state index in [0.29, 0.717) is 10.0 Å². The number of aryl methyl sites for hydroxylation is 1. The standard InChI is InChI=1S/C11H12BrN3O3/c1-6-3-8(11(16)14-5-7(2)12)10(13)9(4-6)15(17)18/h3-4H,2,5,13H2,1H3,(H,14,16). The fourth-order valence-corrected chi connectivity index (χ4v) is 1.53. The summed E-state index contributed by atoms with van der Waals surface area (Å²) in [7, 11) is 0. The van der Waals surface area contributed by atoms with Crippen LogP contribution in [-0.2, 0) is 0 Å². The van der Waals surface area contributed by atoms with Crippen molar-refractivity contribution in [3.63, 3.8) is 0 Å². The second kappa shape index (κ2) is 5.63. The number of nitrogens with two attached hydrogens (primary N) is 1. The molecule has 0 aliphatic heterocycles. The summed E-state index contributed by atoms with van der Waals surface area (Å²) in [6.07, 6.45) is 0. The minimum atomic E-state index is -0.609. The summed E-state index contributed by atoms with van der Waals surface area (Å²) in [6, 6.07) is 2.84. The molecule has 0 saturated carbocycles. The molecule has 96 valence electrons. The number of nitro groups is 1. The highest BCUT2D eigenvalue weighted by atomic mass is 79.9. The number of nitrogens with zero attached hydrogens (tertiary/aromatic N) is 1. The Balaban J connectivity index is 3.12. The normalized spacial score (nSPS) is 9.89. The van der Waals surface area contributed by atoms with Crippen molar-refractivity contribution in [3.05, 3.63) is 44.4 Å². The zero-order valence-corrected chi connectivity index (χ0v) is 11.3. The van der Waals surface area contributed by atoms with Crippen LogP contribution in [0.15, 0.2) is 23.2 Å². The first-order chi connectivity index (χ1) is 8.32. The van der Waals surface area contributed by atoms with E-state index in [1.165, 1.54) is 12.1 Å². The Morgan fingerprint density at radius 3 is 2.72 bits per heavy atom. The zero-order valence-electron chi connectivity index (χ0n) is 9.70.